The van der Waals surface area contributed by atoms with E-state index in [-0.39, 0.29) is 5.76 Å². The largest absolute Gasteiger partial charge is 0.475 e. The quantitative estimate of drug-likeness (QED) is 0.765. The van der Waals surface area contributed by atoms with E-state index in [1.807, 2.05) is 5.01 Å². The Morgan fingerprint density at radius 2 is 2.13 bits per heavy atom. The van der Waals surface area contributed by atoms with Gasteiger partial charge in [-0.25, -0.2) is 9.80 Å². The number of hydrazine groups is 1. The first-order valence-electron chi connectivity index (χ1n) is 4.68. The van der Waals surface area contributed by atoms with Gasteiger partial charge in [0, 0.05) is 19.2 Å². The summed E-state index contributed by atoms with van der Waals surface area (Å²) in [5.41, 5.74) is 2.98. The molecule has 82 valence electrons. The summed E-state index contributed by atoms with van der Waals surface area (Å²) in [6.07, 6.45) is 0. The molecule has 1 aliphatic rings. The maximum Gasteiger partial charge on any atom is 0.371 e. The van der Waals surface area contributed by atoms with Gasteiger partial charge in [0.2, 0.25) is 11.6 Å². The second-order valence-corrected chi connectivity index (χ2v) is 3.18. The highest BCUT2D eigenvalue weighted by molar-refractivity contribution is 5.84. The molecule has 1 aromatic rings. The van der Waals surface area contributed by atoms with E-state index in [4.69, 9.17) is 14.3 Å². The number of morpholine rings is 1. The van der Waals surface area contributed by atoms with Crippen molar-refractivity contribution in [3.63, 3.8) is 0 Å². The third kappa shape index (κ3) is 2.48. The van der Waals surface area contributed by atoms with E-state index in [1.54, 1.807) is 6.07 Å². The maximum absolute atomic E-state index is 10.6. The zero-order chi connectivity index (χ0) is 10.7. The van der Waals surface area contributed by atoms with Crippen molar-refractivity contribution in [1.82, 2.24) is 5.01 Å². The molecular weight excluding hydrogens is 200 g/mol. The van der Waals surface area contributed by atoms with Crippen LogP contribution < -0.4 is 5.43 Å². The van der Waals surface area contributed by atoms with Gasteiger partial charge in [-0.2, -0.15) is 0 Å². The van der Waals surface area contributed by atoms with Gasteiger partial charge in [0.05, 0.1) is 13.2 Å². The summed E-state index contributed by atoms with van der Waals surface area (Å²) in [6.45, 7) is 2.84. The lowest BCUT2D eigenvalue weighted by atomic mass is 10.4. The molecule has 1 saturated heterocycles. The molecule has 1 aliphatic heterocycles. The zero-order valence-corrected chi connectivity index (χ0v) is 8.10. The van der Waals surface area contributed by atoms with Gasteiger partial charge < -0.3 is 14.3 Å². The lowest BCUT2D eigenvalue weighted by molar-refractivity contribution is 0.0482. The average Bonchev–Trinajstić information content (AvgIpc) is 2.68. The lowest BCUT2D eigenvalue weighted by Gasteiger charge is -2.26. The zero-order valence-electron chi connectivity index (χ0n) is 8.10. The van der Waals surface area contributed by atoms with Gasteiger partial charge in [-0.15, -0.1) is 0 Å². The highest BCUT2D eigenvalue weighted by Gasteiger charge is 2.13. The van der Waals surface area contributed by atoms with Crippen molar-refractivity contribution >= 4 is 11.9 Å². The van der Waals surface area contributed by atoms with Crippen LogP contribution in [0.25, 0.3) is 0 Å². The monoisotopic (exact) mass is 212 g/mol. The van der Waals surface area contributed by atoms with E-state index in [0.717, 1.165) is 13.1 Å². The molecular formula is C9H12N2O4. The van der Waals surface area contributed by atoms with Crippen LogP contribution in [0.1, 0.15) is 10.6 Å². The molecule has 0 atom stereocenters. The molecule has 6 nitrogen and oxygen atoms in total. The van der Waals surface area contributed by atoms with E-state index in [0.29, 0.717) is 19.1 Å². The topological polar surface area (TPSA) is 74.9 Å². The van der Waals surface area contributed by atoms with Crippen LogP contribution in [0.15, 0.2) is 16.5 Å². The number of carboxylic acids is 1. The third-order valence-corrected chi connectivity index (χ3v) is 2.10. The molecule has 1 fully saturated rings. The molecule has 0 saturated carbocycles. The smallest absolute Gasteiger partial charge is 0.371 e. The number of hydrogen-bond donors (Lipinski definition) is 2. The number of aromatic carboxylic acids is 1. The number of carbonyl (C=O) groups is 1. The molecule has 1 aromatic heterocycles. The van der Waals surface area contributed by atoms with E-state index >= 15 is 0 Å². The van der Waals surface area contributed by atoms with Crippen LogP contribution in [-0.4, -0.2) is 42.4 Å². The summed E-state index contributed by atoms with van der Waals surface area (Å²) >= 11 is 0. The van der Waals surface area contributed by atoms with E-state index in [9.17, 15) is 4.79 Å². The van der Waals surface area contributed by atoms with Gasteiger partial charge in [0.1, 0.15) is 0 Å². The molecule has 2 N–H and O–H groups in total. The number of rotatable bonds is 3. The standard InChI is InChI=1S/C9H12N2O4/c12-9(13)7-1-2-8(15-7)10-11-3-5-14-6-4-11/h1-2,10H,3-6H2,(H,12,13). The molecule has 0 spiro atoms. The molecule has 0 unspecified atom stereocenters. The summed E-state index contributed by atoms with van der Waals surface area (Å²) in [7, 11) is 0. The molecule has 0 radical (unpaired) electrons. The molecule has 6 heteroatoms. The molecule has 0 aromatic carbocycles. The van der Waals surface area contributed by atoms with Crippen molar-refractivity contribution in [3.8, 4) is 0 Å². The highest BCUT2D eigenvalue weighted by Crippen LogP contribution is 2.14. The summed E-state index contributed by atoms with van der Waals surface area (Å²) in [5, 5.41) is 10.6. The molecule has 0 aliphatic carbocycles. The molecule has 15 heavy (non-hydrogen) atoms. The van der Waals surface area contributed by atoms with E-state index < -0.39 is 5.97 Å². The normalized spacial score (nSPS) is 17.6. The number of hydrogen-bond acceptors (Lipinski definition) is 5. The fraction of sp³-hybridized carbons (Fsp3) is 0.444. The molecule has 2 heterocycles. The van der Waals surface area contributed by atoms with Crippen molar-refractivity contribution in [2.75, 3.05) is 31.7 Å². The minimum Gasteiger partial charge on any atom is -0.475 e. The Labute approximate surface area is 86.4 Å². The first-order valence-corrected chi connectivity index (χ1v) is 4.68. The number of furan rings is 1. The predicted molar refractivity (Wildman–Crippen MR) is 51.7 cm³/mol. The Kier molecular flexibility index (Phi) is 2.89. The van der Waals surface area contributed by atoms with Crippen molar-refractivity contribution in [3.05, 3.63) is 17.9 Å². The fourth-order valence-electron chi connectivity index (χ4n) is 1.34. The minimum atomic E-state index is -1.06. The van der Waals surface area contributed by atoms with Gasteiger partial charge in [0.15, 0.2) is 0 Å². The van der Waals surface area contributed by atoms with Crippen LogP contribution >= 0.6 is 0 Å². The number of nitrogens with zero attached hydrogens (tertiary/aromatic N) is 1. The van der Waals surface area contributed by atoms with Crippen LogP contribution in [0.4, 0.5) is 5.88 Å². The Balaban J connectivity index is 1.94. The molecule has 0 amide bonds. The molecule has 0 bridgehead atoms. The Hall–Kier alpha value is -1.53. The van der Waals surface area contributed by atoms with Crippen LogP contribution in [0.2, 0.25) is 0 Å². The maximum atomic E-state index is 10.6. The Morgan fingerprint density at radius 3 is 2.73 bits per heavy atom. The summed E-state index contributed by atoms with van der Waals surface area (Å²) in [5.74, 6) is -0.690. The van der Waals surface area contributed by atoms with Gasteiger partial charge in [-0.1, -0.05) is 0 Å². The van der Waals surface area contributed by atoms with Gasteiger partial charge in [-0.3, -0.25) is 5.43 Å². The van der Waals surface area contributed by atoms with E-state index in [2.05, 4.69) is 5.43 Å². The van der Waals surface area contributed by atoms with Gasteiger partial charge in [-0.05, 0) is 6.07 Å². The second-order valence-electron chi connectivity index (χ2n) is 3.18. The minimum absolute atomic E-state index is 0.0641. The average molecular weight is 212 g/mol. The van der Waals surface area contributed by atoms with Gasteiger partial charge >= 0.3 is 5.97 Å². The van der Waals surface area contributed by atoms with Crippen molar-refractivity contribution in [2.24, 2.45) is 0 Å². The number of nitrogens with one attached hydrogen (secondary N) is 1. The SMILES string of the molecule is O=C(O)c1ccc(NN2CCOCC2)o1. The summed E-state index contributed by atoms with van der Waals surface area (Å²) in [6, 6.07) is 3.02. The fourth-order valence-corrected chi connectivity index (χ4v) is 1.34. The second kappa shape index (κ2) is 4.33. The van der Waals surface area contributed by atoms with Crippen molar-refractivity contribution < 1.29 is 19.1 Å². The van der Waals surface area contributed by atoms with Gasteiger partial charge in [0.25, 0.3) is 0 Å². The molecule has 2 rings (SSSR count). The Bertz CT molecular complexity index is 344. The first kappa shape index (κ1) is 10.0. The Morgan fingerprint density at radius 1 is 1.40 bits per heavy atom. The van der Waals surface area contributed by atoms with Crippen LogP contribution in [-0.2, 0) is 4.74 Å². The lowest BCUT2D eigenvalue weighted by Crippen LogP contribution is -2.40. The van der Waals surface area contributed by atoms with Crippen LogP contribution in [0, 0.1) is 0 Å². The highest BCUT2D eigenvalue weighted by atomic mass is 16.5. The van der Waals surface area contributed by atoms with Crippen molar-refractivity contribution in [1.29, 1.82) is 0 Å². The third-order valence-electron chi connectivity index (χ3n) is 2.10. The number of ether oxygens (including phenoxy) is 1. The van der Waals surface area contributed by atoms with E-state index in [1.165, 1.54) is 6.07 Å². The number of anilines is 1. The van der Waals surface area contributed by atoms with Crippen LogP contribution in [0.3, 0.4) is 0 Å². The first-order chi connectivity index (χ1) is 7.25. The predicted octanol–water partition coefficient (Wildman–Crippen LogP) is 0.637. The van der Waals surface area contributed by atoms with Crippen molar-refractivity contribution in [2.45, 2.75) is 0 Å². The summed E-state index contributed by atoms with van der Waals surface area (Å²) < 4.78 is 10.2. The number of carboxylic acid groups (broad SMARTS) is 1. The summed E-state index contributed by atoms with van der Waals surface area (Å²) in [4.78, 5) is 10.6. The van der Waals surface area contributed by atoms with Crippen LogP contribution in [0.5, 0.6) is 0 Å².